The molecule has 0 spiro atoms. The maximum atomic E-state index is 12.9. The minimum absolute atomic E-state index is 0.122. The van der Waals surface area contributed by atoms with Gasteiger partial charge in [-0.1, -0.05) is 61.5 Å². The smallest absolute Gasteiger partial charge is 0.254 e. The average molecular weight is 307 g/mol. The molecule has 0 radical (unpaired) electrons. The fraction of sp³-hybridized carbons (Fsp3) is 0.211. The molecular weight excluding hydrogens is 286 g/mol. The zero-order valence-corrected chi connectivity index (χ0v) is 13.5. The second-order valence-corrected chi connectivity index (χ2v) is 5.85. The first-order valence-corrected chi connectivity index (χ1v) is 7.52. The summed E-state index contributed by atoms with van der Waals surface area (Å²) >= 11 is 0. The van der Waals surface area contributed by atoms with Gasteiger partial charge in [0.2, 0.25) is 0 Å². The van der Waals surface area contributed by atoms with Crippen LogP contribution in [0.2, 0.25) is 0 Å². The maximum Gasteiger partial charge on any atom is 0.254 e. The van der Waals surface area contributed by atoms with Crippen LogP contribution in [0.25, 0.3) is 0 Å². The lowest BCUT2D eigenvalue weighted by molar-refractivity contribution is -0.126. The van der Waals surface area contributed by atoms with Crippen molar-refractivity contribution >= 4 is 17.3 Å². The maximum absolute atomic E-state index is 12.9. The Balaban J connectivity index is 2.35. The van der Waals surface area contributed by atoms with Crippen molar-refractivity contribution in [3.8, 4) is 0 Å². The topological polar surface area (TPSA) is 45.0 Å². The Morgan fingerprint density at radius 2 is 1.65 bits per heavy atom. The van der Waals surface area contributed by atoms with Gasteiger partial charge < -0.3 is 0 Å². The molecular formula is C19H21N3O. The van der Waals surface area contributed by atoms with Gasteiger partial charge in [-0.25, -0.2) is 0 Å². The minimum atomic E-state index is -0.604. The second kappa shape index (κ2) is 7.49. The fourth-order valence-corrected chi connectivity index (χ4v) is 2.10. The van der Waals surface area contributed by atoms with E-state index in [-0.39, 0.29) is 5.91 Å². The summed E-state index contributed by atoms with van der Waals surface area (Å²) in [6, 6.07) is 18.7. The minimum Gasteiger partial charge on any atom is -0.272 e. The molecule has 0 heterocycles. The van der Waals surface area contributed by atoms with Gasteiger partial charge in [0, 0.05) is 5.41 Å². The van der Waals surface area contributed by atoms with Gasteiger partial charge in [-0.2, -0.15) is 5.01 Å². The van der Waals surface area contributed by atoms with Crippen molar-refractivity contribution in [2.24, 2.45) is 15.8 Å². The molecule has 0 N–H and O–H groups in total. The standard InChI is InChI=1S/C19H21N3O/c1-4-15-19(2,3)18(23)22(17-13-9-6-10-14-17)21-20-16-11-7-5-8-12-16/h4-14H,1,15H2,2-3H3. The Hall–Kier alpha value is -2.75. The molecule has 0 saturated carbocycles. The SMILES string of the molecule is C=CCC(C)(C)C(=O)N(N=Nc1ccccc1)c1ccccc1. The number of nitrogens with zero attached hydrogens (tertiary/aromatic N) is 3. The van der Waals surface area contributed by atoms with Gasteiger partial charge in [-0.3, -0.25) is 4.79 Å². The number of carbonyl (C=O) groups excluding carboxylic acids is 1. The van der Waals surface area contributed by atoms with Crippen molar-refractivity contribution in [3.63, 3.8) is 0 Å². The molecule has 0 aliphatic carbocycles. The third-order valence-corrected chi connectivity index (χ3v) is 3.43. The highest BCUT2D eigenvalue weighted by atomic mass is 16.2. The molecule has 0 fully saturated rings. The number of hydrogen-bond donors (Lipinski definition) is 0. The molecule has 1 amide bonds. The summed E-state index contributed by atoms with van der Waals surface area (Å²) in [6.07, 6.45) is 2.31. The predicted molar refractivity (Wildman–Crippen MR) is 93.5 cm³/mol. The zero-order chi connectivity index (χ0) is 16.7. The van der Waals surface area contributed by atoms with E-state index in [0.717, 1.165) is 0 Å². The lowest BCUT2D eigenvalue weighted by Gasteiger charge is -2.27. The second-order valence-electron chi connectivity index (χ2n) is 5.85. The predicted octanol–water partition coefficient (Wildman–Crippen LogP) is 5.32. The molecule has 23 heavy (non-hydrogen) atoms. The molecule has 2 rings (SSSR count). The van der Waals surface area contributed by atoms with Gasteiger partial charge in [0.15, 0.2) is 0 Å². The zero-order valence-electron chi connectivity index (χ0n) is 13.5. The van der Waals surface area contributed by atoms with E-state index >= 15 is 0 Å². The summed E-state index contributed by atoms with van der Waals surface area (Å²) in [4.78, 5) is 12.9. The molecule has 0 aromatic heterocycles. The Labute approximate surface area is 137 Å². The first kappa shape index (κ1) is 16.6. The van der Waals surface area contributed by atoms with Crippen molar-refractivity contribution in [1.82, 2.24) is 0 Å². The normalized spacial score (nSPS) is 11.4. The number of hydrogen-bond acceptors (Lipinski definition) is 3. The van der Waals surface area contributed by atoms with Gasteiger partial charge >= 0.3 is 0 Å². The van der Waals surface area contributed by atoms with Crippen LogP contribution in [-0.4, -0.2) is 5.91 Å². The van der Waals surface area contributed by atoms with Crippen molar-refractivity contribution in [2.45, 2.75) is 20.3 Å². The Morgan fingerprint density at radius 3 is 2.22 bits per heavy atom. The Morgan fingerprint density at radius 1 is 1.09 bits per heavy atom. The van der Waals surface area contributed by atoms with E-state index in [1.807, 2.05) is 74.5 Å². The van der Waals surface area contributed by atoms with Crippen LogP contribution in [0, 0.1) is 5.41 Å². The fourth-order valence-electron chi connectivity index (χ4n) is 2.10. The molecule has 0 saturated heterocycles. The summed E-state index contributed by atoms with van der Waals surface area (Å²) < 4.78 is 0. The highest BCUT2D eigenvalue weighted by Crippen LogP contribution is 2.28. The van der Waals surface area contributed by atoms with Crippen LogP contribution < -0.4 is 5.01 Å². The summed E-state index contributed by atoms with van der Waals surface area (Å²) in [7, 11) is 0. The first-order chi connectivity index (χ1) is 11.0. The number of carbonyl (C=O) groups is 1. The van der Waals surface area contributed by atoms with Crippen LogP contribution in [0.1, 0.15) is 20.3 Å². The van der Waals surface area contributed by atoms with E-state index in [9.17, 15) is 4.79 Å². The highest BCUT2D eigenvalue weighted by molar-refractivity contribution is 5.96. The molecule has 0 bridgehead atoms. The van der Waals surface area contributed by atoms with Crippen LogP contribution in [0.3, 0.4) is 0 Å². The van der Waals surface area contributed by atoms with Crippen LogP contribution in [0.4, 0.5) is 11.4 Å². The quantitative estimate of drug-likeness (QED) is 0.404. The molecule has 4 heteroatoms. The number of benzene rings is 2. The summed E-state index contributed by atoms with van der Waals surface area (Å²) in [5.74, 6) is -0.122. The third kappa shape index (κ3) is 4.36. The summed E-state index contributed by atoms with van der Waals surface area (Å²) in [5.41, 5.74) is 0.782. The Kier molecular flexibility index (Phi) is 5.41. The van der Waals surface area contributed by atoms with Crippen molar-refractivity contribution in [1.29, 1.82) is 0 Å². The number of rotatable bonds is 6. The van der Waals surface area contributed by atoms with Crippen LogP contribution in [0.5, 0.6) is 0 Å². The van der Waals surface area contributed by atoms with E-state index in [1.54, 1.807) is 6.08 Å². The van der Waals surface area contributed by atoms with E-state index in [4.69, 9.17) is 0 Å². The van der Waals surface area contributed by atoms with Gasteiger partial charge in [0.25, 0.3) is 5.91 Å². The Bertz CT molecular complexity index is 678. The van der Waals surface area contributed by atoms with Crippen molar-refractivity contribution in [3.05, 3.63) is 73.3 Å². The van der Waals surface area contributed by atoms with E-state index in [2.05, 4.69) is 16.9 Å². The van der Waals surface area contributed by atoms with E-state index in [1.165, 1.54) is 5.01 Å². The first-order valence-electron chi connectivity index (χ1n) is 7.52. The molecule has 0 aliphatic rings. The van der Waals surface area contributed by atoms with Gasteiger partial charge in [-0.05, 0) is 30.7 Å². The molecule has 0 unspecified atom stereocenters. The van der Waals surface area contributed by atoms with Gasteiger partial charge in [0.05, 0.1) is 11.4 Å². The molecule has 0 aliphatic heterocycles. The molecule has 4 nitrogen and oxygen atoms in total. The van der Waals surface area contributed by atoms with Crippen molar-refractivity contribution in [2.75, 3.05) is 5.01 Å². The monoisotopic (exact) mass is 307 g/mol. The van der Waals surface area contributed by atoms with Crippen LogP contribution in [0.15, 0.2) is 83.7 Å². The molecule has 0 atom stereocenters. The number of anilines is 1. The van der Waals surface area contributed by atoms with Crippen LogP contribution >= 0.6 is 0 Å². The van der Waals surface area contributed by atoms with E-state index < -0.39 is 5.41 Å². The molecule has 2 aromatic rings. The summed E-state index contributed by atoms with van der Waals surface area (Å²) in [6.45, 7) is 7.49. The largest absolute Gasteiger partial charge is 0.272 e. The number of para-hydroxylation sites is 1. The molecule has 118 valence electrons. The number of amides is 1. The highest BCUT2D eigenvalue weighted by Gasteiger charge is 2.32. The molecule has 2 aromatic carbocycles. The number of allylic oxidation sites excluding steroid dienone is 1. The van der Waals surface area contributed by atoms with Gasteiger partial charge in [-0.15, -0.1) is 11.7 Å². The van der Waals surface area contributed by atoms with E-state index in [0.29, 0.717) is 17.8 Å². The lowest BCUT2D eigenvalue weighted by Crippen LogP contribution is -2.37. The lowest BCUT2D eigenvalue weighted by atomic mass is 9.88. The van der Waals surface area contributed by atoms with Gasteiger partial charge in [0.1, 0.15) is 0 Å². The van der Waals surface area contributed by atoms with Crippen molar-refractivity contribution < 1.29 is 4.79 Å². The third-order valence-electron chi connectivity index (χ3n) is 3.43. The summed E-state index contributed by atoms with van der Waals surface area (Å²) in [5, 5.41) is 9.73. The van der Waals surface area contributed by atoms with Crippen LogP contribution in [-0.2, 0) is 4.79 Å². The average Bonchev–Trinajstić information content (AvgIpc) is 2.57.